The van der Waals surface area contributed by atoms with Crippen molar-refractivity contribution in [3.63, 3.8) is 0 Å². The number of piperidine rings is 1. The highest BCUT2D eigenvalue weighted by molar-refractivity contribution is 4.82. The topological polar surface area (TPSA) is 15.3 Å². The van der Waals surface area contributed by atoms with E-state index in [9.17, 15) is 0 Å². The molecule has 0 aromatic heterocycles. The van der Waals surface area contributed by atoms with Crippen molar-refractivity contribution in [2.24, 2.45) is 17.8 Å². The molecule has 1 aliphatic heterocycles. The Kier molecular flexibility index (Phi) is 5.77. The van der Waals surface area contributed by atoms with E-state index in [0.29, 0.717) is 0 Å². The number of nitrogens with one attached hydrogen (secondary N) is 1. The molecule has 3 unspecified atom stereocenters. The van der Waals surface area contributed by atoms with Crippen LogP contribution in [0.15, 0.2) is 0 Å². The van der Waals surface area contributed by atoms with Crippen molar-refractivity contribution in [1.29, 1.82) is 0 Å². The fraction of sp³-hybridized carbons (Fsp3) is 1.00. The lowest BCUT2D eigenvalue weighted by molar-refractivity contribution is 0.0806. The van der Waals surface area contributed by atoms with Gasteiger partial charge in [-0.1, -0.05) is 27.7 Å². The molecule has 2 heteroatoms. The summed E-state index contributed by atoms with van der Waals surface area (Å²) in [6, 6.07) is 0.761. The van der Waals surface area contributed by atoms with Gasteiger partial charge in [0.1, 0.15) is 0 Å². The van der Waals surface area contributed by atoms with Crippen molar-refractivity contribution in [2.75, 3.05) is 26.2 Å². The summed E-state index contributed by atoms with van der Waals surface area (Å²) in [5, 5.41) is 3.54. The smallest absolute Gasteiger partial charge is 0.0110 e. The predicted octanol–water partition coefficient (Wildman–Crippen LogP) is 2.60. The second-order valence-corrected chi connectivity index (χ2v) is 6.15. The van der Waals surface area contributed by atoms with E-state index < -0.39 is 0 Å². The van der Waals surface area contributed by atoms with E-state index in [1.54, 1.807) is 0 Å². The molecule has 0 bridgehead atoms. The van der Waals surface area contributed by atoms with E-state index in [2.05, 4.69) is 44.8 Å². The van der Waals surface area contributed by atoms with E-state index in [-0.39, 0.29) is 0 Å². The van der Waals surface area contributed by atoms with Crippen LogP contribution < -0.4 is 5.32 Å². The number of hydrogen-bond donors (Lipinski definition) is 1. The molecule has 0 amide bonds. The van der Waals surface area contributed by atoms with E-state index in [0.717, 1.165) is 36.9 Å². The van der Waals surface area contributed by atoms with E-state index in [1.165, 1.54) is 19.5 Å². The molecule has 0 spiro atoms. The molecule has 0 aromatic carbocycles. The molecule has 0 aromatic rings. The van der Waals surface area contributed by atoms with Crippen LogP contribution in [0.25, 0.3) is 0 Å². The first kappa shape index (κ1) is 14.0. The molecule has 1 saturated heterocycles. The molecule has 1 N–H and O–H groups in total. The Hall–Kier alpha value is -0.0800. The maximum absolute atomic E-state index is 3.54. The van der Waals surface area contributed by atoms with Crippen molar-refractivity contribution in [3.8, 4) is 0 Å². The molecule has 96 valence electrons. The highest BCUT2D eigenvalue weighted by Gasteiger charge is 2.27. The Morgan fingerprint density at radius 1 is 1.25 bits per heavy atom. The lowest BCUT2D eigenvalue weighted by Gasteiger charge is -2.41. The molecule has 16 heavy (non-hydrogen) atoms. The van der Waals surface area contributed by atoms with Crippen LogP contribution in [0.3, 0.4) is 0 Å². The summed E-state index contributed by atoms with van der Waals surface area (Å²) in [7, 11) is 0. The molecule has 0 saturated carbocycles. The zero-order valence-electron chi connectivity index (χ0n) is 11.8. The highest BCUT2D eigenvalue weighted by atomic mass is 15.2. The second kappa shape index (κ2) is 6.61. The maximum Gasteiger partial charge on any atom is 0.0110 e. The fourth-order valence-electron chi connectivity index (χ4n) is 2.74. The Morgan fingerprint density at radius 3 is 2.56 bits per heavy atom. The standard InChI is InChI=1S/C14H30N2/c1-11(2)9-15-6-7-16-10-12(3)8-13(4)14(16)5/h11-15H,6-10H2,1-5H3. The van der Waals surface area contributed by atoms with Gasteiger partial charge in [0.05, 0.1) is 0 Å². The number of rotatable bonds is 5. The minimum absolute atomic E-state index is 0.761. The Labute approximate surface area is 102 Å². The zero-order chi connectivity index (χ0) is 12.1. The van der Waals surface area contributed by atoms with Gasteiger partial charge in [0.25, 0.3) is 0 Å². The first-order chi connectivity index (χ1) is 7.50. The van der Waals surface area contributed by atoms with Crippen molar-refractivity contribution in [3.05, 3.63) is 0 Å². The molecule has 1 rings (SSSR count). The van der Waals surface area contributed by atoms with Gasteiger partial charge >= 0.3 is 0 Å². The third kappa shape index (κ3) is 4.42. The van der Waals surface area contributed by atoms with E-state index >= 15 is 0 Å². The second-order valence-electron chi connectivity index (χ2n) is 6.15. The van der Waals surface area contributed by atoms with Crippen LogP contribution in [0.5, 0.6) is 0 Å². The number of likely N-dealkylation sites (tertiary alicyclic amines) is 1. The Morgan fingerprint density at radius 2 is 1.94 bits per heavy atom. The molecular weight excluding hydrogens is 196 g/mol. The molecule has 0 radical (unpaired) electrons. The minimum Gasteiger partial charge on any atom is -0.315 e. The molecule has 1 heterocycles. The van der Waals surface area contributed by atoms with Crippen LogP contribution in [0, 0.1) is 17.8 Å². The Bertz CT molecular complexity index is 191. The van der Waals surface area contributed by atoms with Crippen molar-refractivity contribution < 1.29 is 0 Å². The highest BCUT2D eigenvalue weighted by Crippen LogP contribution is 2.26. The van der Waals surface area contributed by atoms with Crippen molar-refractivity contribution in [1.82, 2.24) is 10.2 Å². The summed E-state index contributed by atoms with van der Waals surface area (Å²) in [6.07, 6.45) is 1.40. The van der Waals surface area contributed by atoms with Crippen molar-refractivity contribution >= 4 is 0 Å². The van der Waals surface area contributed by atoms with Gasteiger partial charge in [-0.05, 0) is 37.6 Å². The normalized spacial score (nSPS) is 32.2. The third-order valence-electron chi connectivity index (χ3n) is 3.85. The van der Waals surface area contributed by atoms with Gasteiger partial charge in [0, 0.05) is 25.7 Å². The third-order valence-corrected chi connectivity index (χ3v) is 3.85. The number of nitrogens with zero attached hydrogens (tertiary/aromatic N) is 1. The molecule has 0 aliphatic carbocycles. The predicted molar refractivity (Wildman–Crippen MR) is 71.7 cm³/mol. The van der Waals surface area contributed by atoms with Gasteiger partial charge in [0.15, 0.2) is 0 Å². The van der Waals surface area contributed by atoms with Gasteiger partial charge in [0.2, 0.25) is 0 Å². The van der Waals surface area contributed by atoms with Gasteiger partial charge in [-0.2, -0.15) is 0 Å². The lowest BCUT2D eigenvalue weighted by Crippen LogP contribution is -2.48. The van der Waals surface area contributed by atoms with Gasteiger partial charge < -0.3 is 5.32 Å². The zero-order valence-corrected chi connectivity index (χ0v) is 11.8. The van der Waals surface area contributed by atoms with Crippen LogP contribution in [-0.4, -0.2) is 37.1 Å². The average molecular weight is 226 g/mol. The van der Waals surface area contributed by atoms with Crippen LogP contribution in [0.2, 0.25) is 0 Å². The summed E-state index contributed by atoms with van der Waals surface area (Å²) in [5.41, 5.74) is 0. The monoisotopic (exact) mass is 226 g/mol. The molecule has 2 nitrogen and oxygen atoms in total. The Balaban J connectivity index is 2.24. The molecule has 1 fully saturated rings. The SMILES string of the molecule is CC(C)CNCCN1CC(C)CC(C)C1C. The minimum atomic E-state index is 0.761. The molecule has 1 aliphatic rings. The number of hydrogen-bond acceptors (Lipinski definition) is 2. The van der Waals surface area contributed by atoms with Gasteiger partial charge in [-0.25, -0.2) is 0 Å². The maximum atomic E-state index is 3.54. The summed E-state index contributed by atoms with van der Waals surface area (Å²) in [5.74, 6) is 2.49. The van der Waals surface area contributed by atoms with Gasteiger partial charge in [-0.3, -0.25) is 4.90 Å². The van der Waals surface area contributed by atoms with E-state index in [4.69, 9.17) is 0 Å². The van der Waals surface area contributed by atoms with E-state index in [1.807, 2.05) is 0 Å². The lowest BCUT2D eigenvalue weighted by atomic mass is 9.86. The largest absolute Gasteiger partial charge is 0.315 e. The summed E-state index contributed by atoms with van der Waals surface area (Å²) in [4.78, 5) is 2.66. The van der Waals surface area contributed by atoms with Crippen molar-refractivity contribution in [2.45, 2.75) is 47.1 Å². The van der Waals surface area contributed by atoms with Crippen LogP contribution in [0.4, 0.5) is 0 Å². The first-order valence-electron chi connectivity index (χ1n) is 6.95. The first-order valence-corrected chi connectivity index (χ1v) is 6.95. The quantitative estimate of drug-likeness (QED) is 0.725. The van der Waals surface area contributed by atoms with Gasteiger partial charge in [-0.15, -0.1) is 0 Å². The molecule has 3 atom stereocenters. The summed E-state index contributed by atoms with van der Waals surface area (Å²) >= 11 is 0. The summed E-state index contributed by atoms with van der Waals surface area (Å²) in [6.45, 7) is 16.5. The van der Waals surface area contributed by atoms with Crippen LogP contribution in [-0.2, 0) is 0 Å². The fourth-order valence-corrected chi connectivity index (χ4v) is 2.74. The van der Waals surface area contributed by atoms with Crippen LogP contribution in [0.1, 0.15) is 41.0 Å². The van der Waals surface area contributed by atoms with Crippen LogP contribution >= 0.6 is 0 Å². The summed E-state index contributed by atoms with van der Waals surface area (Å²) < 4.78 is 0. The molecular formula is C14H30N2. The average Bonchev–Trinajstić information content (AvgIpc) is 2.19.